The zero-order valence-electron chi connectivity index (χ0n) is 5.82. The zero-order valence-corrected chi connectivity index (χ0v) is 5.82. The van der Waals surface area contributed by atoms with Gasteiger partial charge in [0.2, 0.25) is 0 Å². The van der Waals surface area contributed by atoms with Crippen LogP contribution in [-0.4, -0.2) is 23.7 Å². The van der Waals surface area contributed by atoms with E-state index >= 15 is 0 Å². The molecule has 0 unspecified atom stereocenters. The van der Waals surface area contributed by atoms with E-state index in [4.69, 9.17) is 9.84 Å². The van der Waals surface area contributed by atoms with E-state index in [0.29, 0.717) is 13.0 Å². The Morgan fingerprint density at radius 3 is 2.91 bits per heavy atom. The van der Waals surface area contributed by atoms with Crippen molar-refractivity contribution in [2.45, 2.75) is 6.42 Å². The van der Waals surface area contributed by atoms with Crippen LogP contribution in [0.1, 0.15) is 6.42 Å². The van der Waals surface area contributed by atoms with Gasteiger partial charge < -0.3 is 9.84 Å². The standard InChI is InChI=1S/C7H8O4/c8-6(9)4-3-1-2-11-7(10)5(3)4/h3-5H,1-2H2,(H,8,9)/t3-,4-,5-/m1/s1. The van der Waals surface area contributed by atoms with Crippen molar-refractivity contribution < 1.29 is 19.4 Å². The Bertz CT molecular complexity index is 218. The maximum absolute atomic E-state index is 10.9. The maximum Gasteiger partial charge on any atom is 0.310 e. The van der Waals surface area contributed by atoms with E-state index in [2.05, 4.69) is 0 Å². The summed E-state index contributed by atoms with van der Waals surface area (Å²) < 4.78 is 4.71. The number of carbonyl (C=O) groups excluding carboxylic acids is 1. The Kier molecular flexibility index (Phi) is 1.19. The summed E-state index contributed by atoms with van der Waals surface area (Å²) in [7, 11) is 0. The first-order valence-electron chi connectivity index (χ1n) is 3.61. The molecule has 60 valence electrons. The van der Waals surface area contributed by atoms with Crippen LogP contribution >= 0.6 is 0 Å². The highest BCUT2D eigenvalue weighted by Crippen LogP contribution is 2.51. The number of cyclic esters (lactones) is 1. The van der Waals surface area contributed by atoms with E-state index in [1.807, 2.05) is 0 Å². The number of aliphatic carboxylic acids is 1. The third kappa shape index (κ3) is 0.818. The van der Waals surface area contributed by atoms with Gasteiger partial charge in [-0.15, -0.1) is 0 Å². The third-order valence-electron chi connectivity index (χ3n) is 2.42. The molecule has 1 aliphatic carbocycles. The molecule has 0 amide bonds. The first-order chi connectivity index (χ1) is 5.22. The first kappa shape index (κ1) is 6.64. The largest absolute Gasteiger partial charge is 0.481 e. The van der Waals surface area contributed by atoms with Gasteiger partial charge in [0.1, 0.15) is 0 Å². The molecule has 3 atom stereocenters. The number of carboxylic acid groups (broad SMARTS) is 1. The smallest absolute Gasteiger partial charge is 0.310 e. The molecule has 0 bridgehead atoms. The Labute approximate surface area is 63.1 Å². The summed E-state index contributed by atoms with van der Waals surface area (Å²) in [6, 6.07) is 0. The van der Waals surface area contributed by atoms with Crippen molar-refractivity contribution in [3.8, 4) is 0 Å². The number of rotatable bonds is 1. The van der Waals surface area contributed by atoms with E-state index in [9.17, 15) is 9.59 Å². The lowest BCUT2D eigenvalue weighted by atomic mass is 10.2. The van der Waals surface area contributed by atoms with Crippen LogP contribution in [0, 0.1) is 17.8 Å². The molecule has 0 radical (unpaired) electrons. The lowest BCUT2D eigenvalue weighted by molar-refractivity contribution is -0.150. The van der Waals surface area contributed by atoms with Gasteiger partial charge in [-0.05, 0) is 12.3 Å². The predicted octanol–water partition coefficient (Wildman–Crippen LogP) is -0.120. The zero-order chi connectivity index (χ0) is 8.01. The second-order valence-corrected chi connectivity index (χ2v) is 3.01. The van der Waals surface area contributed by atoms with Crippen LogP contribution < -0.4 is 0 Å². The molecule has 0 spiro atoms. The van der Waals surface area contributed by atoms with Crippen LogP contribution in [-0.2, 0) is 14.3 Å². The minimum atomic E-state index is -0.862. The highest BCUT2D eigenvalue weighted by atomic mass is 16.5. The summed E-state index contributed by atoms with van der Waals surface area (Å²) in [5.74, 6) is -1.91. The van der Waals surface area contributed by atoms with E-state index in [-0.39, 0.29) is 17.8 Å². The van der Waals surface area contributed by atoms with Gasteiger partial charge >= 0.3 is 11.9 Å². The third-order valence-corrected chi connectivity index (χ3v) is 2.42. The minimum Gasteiger partial charge on any atom is -0.481 e. The normalized spacial score (nSPS) is 40.7. The summed E-state index contributed by atoms with van der Waals surface area (Å²) in [5.41, 5.74) is 0. The molecule has 1 aliphatic heterocycles. The van der Waals surface area contributed by atoms with Crippen molar-refractivity contribution in [3.63, 3.8) is 0 Å². The van der Waals surface area contributed by atoms with E-state index in [1.54, 1.807) is 0 Å². The monoisotopic (exact) mass is 156 g/mol. The lowest BCUT2D eigenvalue weighted by Crippen LogP contribution is -2.15. The van der Waals surface area contributed by atoms with Crippen molar-refractivity contribution in [2.75, 3.05) is 6.61 Å². The fraction of sp³-hybridized carbons (Fsp3) is 0.714. The number of ether oxygens (including phenoxy) is 1. The van der Waals surface area contributed by atoms with Gasteiger partial charge in [-0.25, -0.2) is 0 Å². The van der Waals surface area contributed by atoms with E-state index in [1.165, 1.54) is 0 Å². The molecule has 1 saturated carbocycles. The minimum absolute atomic E-state index is 0.0637. The second kappa shape index (κ2) is 1.96. The van der Waals surface area contributed by atoms with Crippen molar-refractivity contribution >= 4 is 11.9 Å². The molecular formula is C7H8O4. The van der Waals surface area contributed by atoms with Gasteiger partial charge in [0, 0.05) is 0 Å². The van der Waals surface area contributed by atoms with Crippen LogP contribution in [0.3, 0.4) is 0 Å². The molecule has 2 rings (SSSR count). The molecule has 11 heavy (non-hydrogen) atoms. The SMILES string of the molecule is O=C(O)[C@@H]1[C@H]2CCOC(=O)[C@H]21. The van der Waals surface area contributed by atoms with Gasteiger partial charge in [0.25, 0.3) is 0 Å². The highest BCUT2D eigenvalue weighted by Gasteiger charge is 2.61. The maximum atomic E-state index is 10.9. The number of hydrogen-bond donors (Lipinski definition) is 1. The van der Waals surface area contributed by atoms with Gasteiger partial charge in [-0.2, -0.15) is 0 Å². The topological polar surface area (TPSA) is 63.6 Å². The summed E-state index contributed by atoms with van der Waals surface area (Å²) in [6.45, 7) is 0.393. The molecule has 2 aliphatic rings. The highest BCUT2D eigenvalue weighted by molar-refractivity contribution is 5.87. The Morgan fingerprint density at radius 2 is 2.36 bits per heavy atom. The number of hydrogen-bond acceptors (Lipinski definition) is 3. The van der Waals surface area contributed by atoms with Crippen molar-refractivity contribution in [1.29, 1.82) is 0 Å². The van der Waals surface area contributed by atoms with Crippen LogP contribution in [0.5, 0.6) is 0 Å². The molecule has 0 aromatic rings. The average molecular weight is 156 g/mol. The molecule has 1 N–H and O–H groups in total. The van der Waals surface area contributed by atoms with Crippen molar-refractivity contribution in [1.82, 2.24) is 0 Å². The molecule has 1 heterocycles. The Morgan fingerprint density at radius 1 is 1.64 bits per heavy atom. The first-order valence-corrected chi connectivity index (χ1v) is 3.61. The summed E-state index contributed by atoms with van der Waals surface area (Å²) in [5, 5.41) is 8.59. The Hall–Kier alpha value is -1.06. The van der Waals surface area contributed by atoms with Crippen LogP contribution in [0.2, 0.25) is 0 Å². The van der Waals surface area contributed by atoms with Gasteiger partial charge in [-0.3, -0.25) is 9.59 Å². The van der Waals surface area contributed by atoms with E-state index in [0.717, 1.165) is 0 Å². The van der Waals surface area contributed by atoms with Gasteiger partial charge in [0.05, 0.1) is 18.4 Å². The molecular weight excluding hydrogens is 148 g/mol. The fourth-order valence-corrected chi connectivity index (χ4v) is 1.78. The summed E-state index contributed by atoms with van der Waals surface area (Å²) in [4.78, 5) is 21.3. The lowest BCUT2D eigenvalue weighted by Gasteiger charge is -2.07. The number of fused-ring (bicyclic) bond motifs is 1. The predicted molar refractivity (Wildman–Crippen MR) is 33.7 cm³/mol. The second-order valence-electron chi connectivity index (χ2n) is 3.01. The van der Waals surface area contributed by atoms with Crippen LogP contribution in [0.25, 0.3) is 0 Å². The number of carbonyl (C=O) groups is 2. The summed E-state index contributed by atoms with van der Waals surface area (Å²) >= 11 is 0. The molecule has 1 saturated heterocycles. The van der Waals surface area contributed by atoms with Gasteiger partial charge in [-0.1, -0.05) is 0 Å². The summed E-state index contributed by atoms with van der Waals surface area (Å²) in [6.07, 6.45) is 0.716. The molecule has 4 nitrogen and oxygen atoms in total. The van der Waals surface area contributed by atoms with Gasteiger partial charge in [0.15, 0.2) is 0 Å². The number of esters is 1. The van der Waals surface area contributed by atoms with Crippen molar-refractivity contribution in [3.05, 3.63) is 0 Å². The van der Waals surface area contributed by atoms with Crippen molar-refractivity contribution in [2.24, 2.45) is 17.8 Å². The Balaban J connectivity index is 2.10. The quantitative estimate of drug-likeness (QED) is 0.537. The molecule has 0 aromatic carbocycles. The van der Waals surface area contributed by atoms with Crippen LogP contribution in [0.15, 0.2) is 0 Å². The van der Waals surface area contributed by atoms with Crippen LogP contribution in [0.4, 0.5) is 0 Å². The van der Waals surface area contributed by atoms with E-state index < -0.39 is 11.9 Å². The number of carboxylic acids is 1. The fourth-order valence-electron chi connectivity index (χ4n) is 1.78. The molecule has 0 aromatic heterocycles. The molecule has 4 heteroatoms. The average Bonchev–Trinajstić information content (AvgIpc) is 2.62. The molecule has 2 fully saturated rings.